The van der Waals surface area contributed by atoms with E-state index >= 15 is 0 Å². The summed E-state index contributed by atoms with van der Waals surface area (Å²) in [5.74, 6) is 0. The standard InChI is InChI=1S/C15H30N2O/c1-4-9-16-14-7-5-6-8-15(14)17-10-12(2)18-13(3)11-17/h12-16H,4-11H2,1-3H3/t12-,13+,14?,15?. The van der Waals surface area contributed by atoms with Crippen LogP contribution in [0.5, 0.6) is 0 Å². The Labute approximate surface area is 112 Å². The van der Waals surface area contributed by atoms with Gasteiger partial charge in [-0.15, -0.1) is 0 Å². The molecule has 1 aliphatic carbocycles. The number of morpholine rings is 1. The van der Waals surface area contributed by atoms with Crippen LogP contribution >= 0.6 is 0 Å². The highest BCUT2D eigenvalue weighted by Gasteiger charge is 2.33. The van der Waals surface area contributed by atoms with Gasteiger partial charge in [-0.05, 0) is 39.7 Å². The van der Waals surface area contributed by atoms with Crippen molar-refractivity contribution < 1.29 is 4.74 Å². The van der Waals surface area contributed by atoms with Gasteiger partial charge in [0.05, 0.1) is 12.2 Å². The Balaban J connectivity index is 1.94. The zero-order valence-corrected chi connectivity index (χ0v) is 12.3. The lowest BCUT2D eigenvalue weighted by Crippen LogP contribution is -2.57. The van der Waals surface area contributed by atoms with E-state index in [2.05, 4.69) is 31.0 Å². The van der Waals surface area contributed by atoms with E-state index in [4.69, 9.17) is 4.74 Å². The summed E-state index contributed by atoms with van der Waals surface area (Å²) in [5, 5.41) is 3.77. The van der Waals surface area contributed by atoms with Crippen molar-refractivity contribution in [2.75, 3.05) is 19.6 Å². The fraction of sp³-hybridized carbons (Fsp3) is 1.00. The van der Waals surface area contributed by atoms with E-state index in [-0.39, 0.29) is 0 Å². The van der Waals surface area contributed by atoms with E-state index in [1.54, 1.807) is 0 Å². The van der Waals surface area contributed by atoms with Crippen molar-refractivity contribution in [2.45, 2.75) is 77.2 Å². The Morgan fingerprint density at radius 2 is 1.78 bits per heavy atom. The molecule has 4 atom stereocenters. The Morgan fingerprint density at radius 1 is 1.11 bits per heavy atom. The molecule has 18 heavy (non-hydrogen) atoms. The second kappa shape index (κ2) is 6.88. The summed E-state index contributed by atoms with van der Waals surface area (Å²) in [4.78, 5) is 2.69. The number of nitrogens with zero attached hydrogens (tertiary/aromatic N) is 1. The van der Waals surface area contributed by atoms with E-state index in [1.165, 1.54) is 32.1 Å². The lowest BCUT2D eigenvalue weighted by molar-refractivity contribution is -0.0878. The lowest BCUT2D eigenvalue weighted by Gasteiger charge is -2.45. The average Bonchev–Trinajstić information content (AvgIpc) is 2.35. The van der Waals surface area contributed by atoms with Gasteiger partial charge in [-0.3, -0.25) is 4.90 Å². The van der Waals surface area contributed by atoms with Crippen LogP contribution < -0.4 is 5.32 Å². The molecule has 2 rings (SSSR count). The van der Waals surface area contributed by atoms with Crippen LogP contribution in [0, 0.1) is 0 Å². The molecule has 3 heteroatoms. The zero-order chi connectivity index (χ0) is 13.0. The largest absolute Gasteiger partial charge is 0.373 e. The minimum absolute atomic E-state index is 0.391. The van der Waals surface area contributed by atoms with Gasteiger partial charge >= 0.3 is 0 Å². The highest BCUT2D eigenvalue weighted by atomic mass is 16.5. The van der Waals surface area contributed by atoms with Crippen LogP contribution in [0.1, 0.15) is 52.9 Å². The van der Waals surface area contributed by atoms with E-state index < -0.39 is 0 Å². The van der Waals surface area contributed by atoms with Crippen LogP contribution in [-0.2, 0) is 4.74 Å². The second-order valence-electron chi connectivity index (χ2n) is 6.12. The topological polar surface area (TPSA) is 24.5 Å². The monoisotopic (exact) mass is 254 g/mol. The zero-order valence-electron chi connectivity index (χ0n) is 12.3. The highest BCUT2D eigenvalue weighted by Crippen LogP contribution is 2.26. The Kier molecular flexibility index (Phi) is 5.46. The van der Waals surface area contributed by atoms with Gasteiger partial charge in [0.25, 0.3) is 0 Å². The first-order valence-electron chi connectivity index (χ1n) is 7.83. The summed E-state index contributed by atoms with van der Waals surface area (Å²) in [6.45, 7) is 10.1. The molecule has 0 aromatic carbocycles. The minimum Gasteiger partial charge on any atom is -0.373 e. The predicted molar refractivity (Wildman–Crippen MR) is 75.9 cm³/mol. The first kappa shape index (κ1) is 14.3. The SMILES string of the molecule is CCCNC1CCCCC1N1C[C@@H](C)O[C@@H](C)C1. The van der Waals surface area contributed by atoms with Gasteiger partial charge in [0.1, 0.15) is 0 Å². The molecule has 0 bridgehead atoms. The number of hydrogen-bond acceptors (Lipinski definition) is 3. The molecule has 106 valence electrons. The maximum Gasteiger partial charge on any atom is 0.0678 e. The summed E-state index contributed by atoms with van der Waals surface area (Å²) in [7, 11) is 0. The summed E-state index contributed by atoms with van der Waals surface area (Å²) < 4.78 is 5.86. The Hall–Kier alpha value is -0.120. The van der Waals surface area contributed by atoms with E-state index in [1.807, 2.05) is 0 Å². The lowest BCUT2D eigenvalue weighted by atomic mass is 9.88. The summed E-state index contributed by atoms with van der Waals surface area (Å²) >= 11 is 0. The van der Waals surface area contributed by atoms with Crippen LogP contribution in [-0.4, -0.2) is 48.8 Å². The molecule has 1 saturated carbocycles. The summed E-state index contributed by atoms with van der Waals surface area (Å²) in [5.41, 5.74) is 0. The fourth-order valence-corrected chi connectivity index (χ4v) is 3.60. The molecular weight excluding hydrogens is 224 g/mol. The molecule has 0 aromatic heterocycles. The molecule has 0 amide bonds. The van der Waals surface area contributed by atoms with Gasteiger partial charge in [0.15, 0.2) is 0 Å². The number of hydrogen-bond donors (Lipinski definition) is 1. The number of rotatable bonds is 4. The molecule has 2 unspecified atom stereocenters. The van der Waals surface area contributed by atoms with Gasteiger partial charge in [-0.2, -0.15) is 0 Å². The maximum atomic E-state index is 5.86. The Morgan fingerprint density at radius 3 is 2.44 bits per heavy atom. The van der Waals surface area contributed by atoms with E-state index in [0.29, 0.717) is 18.2 Å². The van der Waals surface area contributed by atoms with Gasteiger partial charge in [-0.25, -0.2) is 0 Å². The molecule has 0 aromatic rings. The second-order valence-corrected chi connectivity index (χ2v) is 6.12. The number of ether oxygens (including phenoxy) is 1. The molecule has 1 saturated heterocycles. The molecule has 0 radical (unpaired) electrons. The molecule has 2 aliphatic rings. The third kappa shape index (κ3) is 3.69. The first-order valence-corrected chi connectivity index (χ1v) is 7.83. The average molecular weight is 254 g/mol. The van der Waals surface area contributed by atoms with Crippen LogP contribution in [0.15, 0.2) is 0 Å². The minimum atomic E-state index is 0.391. The van der Waals surface area contributed by atoms with Gasteiger partial charge < -0.3 is 10.1 Å². The normalized spacial score (nSPS) is 38.8. The third-order valence-corrected chi connectivity index (χ3v) is 4.30. The van der Waals surface area contributed by atoms with Gasteiger partial charge in [0.2, 0.25) is 0 Å². The maximum absolute atomic E-state index is 5.86. The van der Waals surface area contributed by atoms with Crippen molar-refractivity contribution in [3.8, 4) is 0 Å². The first-order chi connectivity index (χ1) is 8.70. The summed E-state index contributed by atoms with van der Waals surface area (Å²) in [6, 6.07) is 1.44. The van der Waals surface area contributed by atoms with Crippen molar-refractivity contribution in [2.24, 2.45) is 0 Å². The van der Waals surface area contributed by atoms with Crippen LogP contribution in [0.25, 0.3) is 0 Å². The van der Waals surface area contributed by atoms with E-state index in [0.717, 1.165) is 25.7 Å². The molecule has 0 spiro atoms. The molecule has 2 fully saturated rings. The molecule has 1 heterocycles. The van der Waals surface area contributed by atoms with Crippen LogP contribution in [0.2, 0.25) is 0 Å². The van der Waals surface area contributed by atoms with Crippen molar-refractivity contribution in [3.63, 3.8) is 0 Å². The molecular formula is C15H30N2O. The van der Waals surface area contributed by atoms with Gasteiger partial charge in [-0.1, -0.05) is 19.8 Å². The van der Waals surface area contributed by atoms with Crippen LogP contribution in [0.4, 0.5) is 0 Å². The quantitative estimate of drug-likeness (QED) is 0.834. The van der Waals surface area contributed by atoms with E-state index in [9.17, 15) is 0 Å². The number of nitrogens with one attached hydrogen (secondary N) is 1. The fourth-order valence-electron chi connectivity index (χ4n) is 3.60. The van der Waals surface area contributed by atoms with Crippen molar-refractivity contribution >= 4 is 0 Å². The van der Waals surface area contributed by atoms with Crippen LogP contribution in [0.3, 0.4) is 0 Å². The molecule has 1 aliphatic heterocycles. The highest BCUT2D eigenvalue weighted by molar-refractivity contribution is 4.90. The molecule has 1 N–H and O–H groups in total. The van der Waals surface area contributed by atoms with Gasteiger partial charge in [0, 0.05) is 25.2 Å². The predicted octanol–water partition coefficient (Wildman–Crippen LogP) is 2.41. The molecule has 3 nitrogen and oxygen atoms in total. The van der Waals surface area contributed by atoms with Crippen molar-refractivity contribution in [1.29, 1.82) is 0 Å². The van der Waals surface area contributed by atoms with Crippen molar-refractivity contribution in [3.05, 3.63) is 0 Å². The summed E-state index contributed by atoms with van der Waals surface area (Å²) in [6.07, 6.45) is 7.53. The third-order valence-electron chi connectivity index (χ3n) is 4.30. The smallest absolute Gasteiger partial charge is 0.0678 e. The Bertz CT molecular complexity index is 237. The van der Waals surface area contributed by atoms with Crippen molar-refractivity contribution in [1.82, 2.24) is 10.2 Å².